The molecule has 5 heteroatoms. The molecule has 0 unspecified atom stereocenters. The van der Waals surface area contributed by atoms with Gasteiger partial charge in [0.1, 0.15) is 12.7 Å². The molecule has 0 amide bonds. The number of nitrogens with zero attached hydrogens (tertiary/aromatic N) is 5. The molecular weight excluding hydrogens is 154 g/mol. The van der Waals surface area contributed by atoms with Crippen LogP contribution in [0.2, 0.25) is 0 Å². The first-order valence-electron chi connectivity index (χ1n) is 3.27. The lowest BCUT2D eigenvalue weighted by Gasteiger charge is -1.70. The monoisotopic (exact) mass is 161 g/mol. The van der Waals surface area contributed by atoms with Gasteiger partial charge in [-0.25, -0.2) is 15.0 Å². The van der Waals surface area contributed by atoms with E-state index in [0.717, 1.165) is 0 Å². The molecule has 0 aliphatic carbocycles. The van der Waals surface area contributed by atoms with Crippen LogP contribution in [0.15, 0.2) is 43.5 Å². The van der Waals surface area contributed by atoms with E-state index in [1.54, 1.807) is 24.7 Å². The van der Waals surface area contributed by atoms with Crippen LogP contribution in [0.5, 0.6) is 0 Å². The van der Waals surface area contributed by atoms with Crippen molar-refractivity contribution >= 4 is 0 Å². The maximum Gasteiger partial charge on any atom is 0.138 e. The molecule has 0 aliphatic rings. The van der Waals surface area contributed by atoms with Gasteiger partial charge in [-0.05, 0) is 6.07 Å². The van der Waals surface area contributed by atoms with E-state index >= 15 is 0 Å². The van der Waals surface area contributed by atoms with Crippen molar-refractivity contribution in [2.75, 3.05) is 0 Å². The Labute approximate surface area is 69.6 Å². The number of hydrogen-bond acceptors (Lipinski definition) is 5. The van der Waals surface area contributed by atoms with Gasteiger partial charge in [-0.3, -0.25) is 0 Å². The summed E-state index contributed by atoms with van der Waals surface area (Å²) in [5.41, 5.74) is 0. The molecule has 0 saturated carbocycles. The summed E-state index contributed by atoms with van der Waals surface area (Å²) in [6.45, 7) is 0. The van der Waals surface area contributed by atoms with Gasteiger partial charge in [0.15, 0.2) is 0 Å². The summed E-state index contributed by atoms with van der Waals surface area (Å²) in [4.78, 5) is 11.0. The number of aromatic nitrogens is 5. The van der Waals surface area contributed by atoms with Crippen molar-refractivity contribution in [1.82, 2.24) is 25.1 Å². The van der Waals surface area contributed by atoms with Gasteiger partial charge in [0.25, 0.3) is 0 Å². The van der Waals surface area contributed by atoms with Crippen LogP contribution in [0.1, 0.15) is 0 Å². The zero-order valence-electron chi connectivity index (χ0n) is 6.28. The Bertz CT molecular complexity index is 187. The lowest BCUT2D eigenvalue weighted by molar-refractivity contribution is 0.969. The van der Waals surface area contributed by atoms with Gasteiger partial charge in [0, 0.05) is 18.6 Å². The van der Waals surface area contributed by atoms with Crippen LogP contribution >= 0.6 is 0 Å². The van der Waals surface area contributed by atoms with Crippen molar-refractivity contribution in [3.8, 4) is 0 Å². The number of rotatable bonds is 0. The molecular formula is C7H7N5. The minimum absolute atomic E-state index is 1.39. The summed E-state index contributed by atoms with van der Waals surface area (Å²) in [6, 6.07) is 1.78. The number of hydrogen-bond donors (Lipinski definition) is 0. The molecule has 60 valence electrons. The van der Waals surface area contributed by atoms with Gasteiger partial charge in [0.05, 0.1) is 6.20 Å². The molecule has 2 aromatic rings. The van der Waals surface area contributed by atoms with Gasteiger partial charge in [-0.1, -0.05) is 0 Å². The van der Waals surface area contributed by atoms with Gasteiger partial charge in [-0.15, -0.1) is 5.10 Å². The maximum atomic E-state index is 3.67. The van der Waals surface area contributed by atoms with E-state index in [4.69, 9.17) is 0 Å². The normalized spacial score (nSPS) is 8.00. The highest BCUT2D eigenvalue weighted by Gasteiger charge is 1.60. The van der Waals surface area contributed by atoms with Gasteiger partial charge < -0.3 is 0 Å². The van der Waals surface area contributed by atoms with Gasteiger partial charge >= 0.3 is 0 Å². The fourth-order valence-electron chi connectivity index (χ4n) is 0.458. The Balaban J connectivity index is 0.000000120. The fraction of sp³-hybridized carbons (Fsp3) is 0. The van der Waals surface area contributed by atoms with Crippen LogP contribution < -0.4 is 0 Å². The molecule has 0 fully saturated rings. The van der Waals surface area contributed by atoms with Crippen LogP contribution in [0.3, 0.4) is 0 Å². The second kappa shape index (κ2) is 5.84. The zero-order valence-corrected chi connectivity index (χ0v) is 6.28. The molecule has 2 heterocycles. The van der Waals surface area contributed by atoms with E-state index in [-0.39, 0.29) is 0 Å². The molecule has 2 rings (SSSR count). The minimum Gasteiger partial charge on any atom is -0.245 e. The highest BCUT2D eigenvalue weighted by Crippen LogP contribution is 1.66. The molecule has 0 spiro atoms. The topological polar surface area (TPSA) is 64.5 Å². The van der Waals surface area contributed by atoms with Gasteiger partial charge in [0.2, 0.25) is 0 Å². The molecule has 0 N–H and O–H groups in total. The third-order valence-electron chi connectivity index (χ3n) is 0.882. The second-order valence-corrected chi connectivity index (χ2v) is 1.70. The van der Waals surface area contributed by atoms with E-state index in [1.807, 2.05) is 0 Å². The molecule has 0 atom stereocenters. The van der Waals surface area contributed by atoms with E-state index in [2.05, 4.69) is 25.1 Å². The quantitative estimate of drug-likeness (QED) is 0.557. The molecule has 0 radical (unpaired) electrons. The minimum atomic E-state index is 1.39. The average molecular weight is 161 g/mol. The van der Waals surface area contributed by atoms with Crippen LogP contribution in [-0.4, -0.2) is 25.1 Å². The summed E-state index contributed by atoms with van der Waals surface area (Å²) in [5, 5.41) is 6.90. The van der Waals surface area contributed by atoms with Crippen molar-refractivity contribution in [3.63, 3.8) is 0 Å². The first-order valence-corrected chi connectivity index (χ1v) is 3.27. The van der Waals surface area contributed by atoms with E-state index < -0.39 is 0 Å². The lowest BCUT2D eigenvalue weighted by atomic mass is 10.7. The summed E-state index contributed by atoms with van der Waals surface area (Å²) in [6.07, 6.45) is 9.37. The Morgan fingerprint density at radius 2 is 1.33 bits per heavy atom. The molecule has 0 aromatic carbocycles. The fourth-order valence-corrected chi connectivity index (χ4v) is 0.458. The smallest absolute Gasteiger partial charge is 0.138 e. The van der Waals surface area contributed by atoms with Crippen molar-refractivity contribution in [2.24, 2.45) is 0 Å². The molecule has 5 nitrogen and oxygen atoms in total. The van der Waals surface area contributed by atoms with Crippen molar-refractivity contribution in [3.05, 3.63) is 43.5 Å². The predicted molar refractivity (Wildman–Crippen MR) is 41.9 cm³/mol. The largest absolute Gasteiger partial charge is 0.245 e. The Kier molecular flexibility index (Phi) is 3.99. The summed E-state index contributed by atoms with van der Waals surface area (Å²) >= 11 is 0. The van der Waals surface area contributed by atoms with Crippen molar-refractivity contribution in [2.45, 2.75) is 0 Å². The van der Waals surface area contributed by atoms with E-state index in [9.17, 15) is 0 Å². The Morgan fingerprint density at radius 1 is 0.583 bits per heavy atom. The van der Waals surface area contributed by atoms with Crippen molar-refractivity contribution in [1.29, 1.82) is 0 Å². The molecule has 12 heavy (non-hydrogen) atoms. The standard InChI is InChI=1S/C4H4N2.C3H3N3/c1-2-5-4-6-3-1;1-2-5-6-3-4-1/h1-4H;1-3H. The Hall–Kier alpha value is -1.91. The highest BCUT2D eigenvalue weighted by atomic mass is 15.1. The lowest BCUT2D eigenvalue weighted by Crippen LogP contribution is -1.75. The van der Waals surface area contributed by atoms with E-state index in [1.165, 1.54) is 18.9 Å². The average Bonchev–Trinajstić information content (AvgIpc) is 2.24. The SMILES string of the molecule is c1cncnc1.c1cnncn1. The predicted octanol–water partition coefficient (Wildman–Crippen LogP) is 0.348. The first kappa shape index (κ1) is 8.19. The Morgan fingerprint density at radius 3 is 1.50 bits per heavy atom. The third kappa shape index (κ3) is 3.99. The van der Waals surface area contributed by atoms with Crippen molar-refractivity contribution < 1.29 is 0 Å². The van der Waals surface area contributed by atoms with E-state index in [0.29, 0.717) is 0 Å². The molecule has 0 bridgehead atoms. The van der Waals surface area contributed by atoms with Crippen LogP contribution in [0.25, 0.3) is 0 Å². The summed E-state index contributed by atoms with van der Waals surface area (Å²) in [5.74, 6) is 0. The zero-order chi connectivity index (χ0) is 8.49. The third-order valence-corrected chi connectivity index (χ3v) is 0.882. The first-order chi connectivity index (χ1) is 6.00. The molecule has 2 aromatic heterocycles. The van der Waals surface area contributed by atoms with Crippen LogP contribution in [0.4, 0.5) is 0 Å². The highest BCUT2D eigenvalue weighted by molar-refractivity contribution is 4.74. The second-order valence-electron chi connectivity index (χ2n) is 1.70. The van der Waals surface area contributed by atoms with Crippen LogP contribution in [-0.2, 0) is 0 Å². The van der Waals surface area contributed by atoms with Gasteiger partial charge in [-0.2, -0.15) is 5.10 Å². The summed E-state index contributed by atoms with van der Waals surface area (Å²) < 4.78 is 0. The summed E-state index contributed by atoms with van der Waals surface area (Å²) in [7, 11) is 0. The maximum absolute atomic E-state index is 3.67. The molecule has 0 saturated heterocycles. The van der Waals surface area contributed by atoms with Crippen LogP contribution in [0, 0.1) is 0 Å². The molecule has 0 aliphatic heterocycles.